The van der Waals surface area contributed by atoms with Crippen molar-refractivity contribution >= 4 is 23.4 Å². The molecule has 0 fully saturated rings. The quantitative estimate of drug-likeness (QED) is 0.441. The Kier molecular flexibility index (Phi) is 5.62. The number of aryl methyl sites for hydroxylation is 1. The molecule has 2 aromatic rings. The van der Waals surface area contributed by atoms with Gasteiger partial charge in [-0.1, -0.05) is 17.7 Å². The molecule has 0 unspecified atom stereocenters. The lowest BCUT2D eigenvalue weighted by Crippen LogP contribution is -2.15. The van der Waals surface area contributed by atoms with E-state index in [1.807, 2.05) is 20.8 Å². The highest BCUT2D eigenvalue weighted by Crippen LogP contribution is 2.27. The van der Waals surface area contributed by atoms with Gasteiger partial charge in [-0.15, -0.1) is 0 Å². The fourth-order valence-electron chi connectivity index (χ4n) is 2.18. The molecule has 0 spiro atoms. The van der Waals surface area contributed by atoms with Gasteiger partial charge in [0.2, 0.25) is 0 Å². The lowest BCUT2D eigenvalue weighted by Gasteiger charge is -2.15. The van der Waals surface area contributed by atoms with E-state index in [9.17, 15) is 9.59 Å². The van der Waals surface area contributed by atoms with Gasteiger partial charge < -0.3 is 9.47 Å². The minimum atomic E-state index is -0.624. The highest BCUT2D eigenvalue weighted by Gasteiger charge is 2.19. The molecule has 0 saturated heterocycles. The number of carbonyl (C=O) groups excluding carboxylic acids is 2. The standard InChI is InChI=1S/C19H19ClO4/c1-11(2)23-17-8-6-14(20)10-16(17)19(22)24-18-9-12(3)5-7-15(18)13(4)21/h5-11H,1-4H3. The maximum Gasteiger partial charge on any atom is 0.347 e. The number of hydrogen-bond donors (Lipinski definition) is 0. The van der Waals surface area contributed by atoms with Gasteiger partial charge in [0.15, 0.2) is 5.78 Å². The van der Waals surface area contributed by atoms with Gasteiger partial charge in [-0.25, -0.2) is 4.79 Å². The van der Waals surface area contributed by atoms with Crippen molar-refractivity contribution in [3.63, 3.8) is 0 Å². The lowest BCUT2D eigenvalue weighted by molar-refractivity contribution is 0.0726. The molecule has 0 aromatic heterocycles. The van der Waals surface area contributed by atoms with Gasteiger partial charge in [-0.3, -0.25) is 4.79 Å². The summed E-state index contributed by atoms with van der Waals surface area (Å²) < 4.78 is 11.1. The van der Waals surface area contributed by atoms with Crippen LogP contribution in [0.2, 0.25) is 5.02 Å². The summed E-state index contributed by atoms with van der Waals surface area (Å²) in [7, 11) is 0. The fourth-order valence-corrected chi connectivity index (χ4v) is 2.35. The zero-order chi connectivity index (χ0) is 17.9. The molecule has 0 N–H and O–H groups in total. The van der Waals surface area contributed by atoms with Crippen LogP contribution in [0.5, 0.6) is 11.5 Å². The minimum Gasteiger partial charge on any atom is -0.490 e. The topological polar surface area (TPSA) is 52.6 Å². The zero-order valence-corrected chi connectivity index (χ0v) is 14.8. The predicted molar refractivity (Wildman–Crippen MR) is 93.4 cm³/mol. The first kappa shape index (κ1) is 18.0. The van der Waals surface area contributed by atoms with E-state index in [1.165, 1.54) is 13.0 Å². The Morgan fingerprint density at radius 2 is 1.71 bits per heavy atom. The molecule has 2 rings (SSSR count). The fraction of sp³-hybridized carbons (Fsp3) is 0.263. The SMILES string of the molecule is CC(=O)c1ccc(C)cc1OC(=O)c1cc(Cl)ccc1OC(C)C. The van der Waals surface area contributed by atoms with Crippen LogP contribution in [0.4, 0.5) is 0 Å². The summed E-state index contributed by atoms with van der Waals surface area (Å²) in [6.45, 7) is 7.00. The molecule has 2 aromatic carbocycles. The Hall–Kier alpha value is -2.33. The molecule has 0 radical (unpaired) electrons. The number of benzene rings is 2. The molecule has 0 heterocycles. The molecular formula is C19H19ClO4. The van der Waals surface area contributed by atoms with Gasteiger partial charge in [-0.05, 0) is 63.6 Å². The molecule has 0 bridgehead atoms. The van der Waals surface area contributed by atoms with E-state index in [4.69, 9.17) is 21.1 Å². The maximum absolute atomic E-state index is 12.6. The second-order valence-electron chi connectivity index (χ2n) is 5.75. The van der Waals surface area contributed by atoms with Crippen molar-refractivity contribution in [2.75, 3.05) is 0 Å². The molecule has 0 aliphatic rings. The summed E-state index contributed by atoms with van der Waals surface area (Å²) in [6, 6.07) is 9.85. The van der Waals surface area contributed by atoms with Crippen molar-refractivity contribution in [1.82, 2.24) is 0 Å². The molecule has 0 atom stereocenters. The summed E-state index contributed by atoms with van der Waals surface area (Å²) in [6.07, 6.45) is -0.107. The first-order valence-corrected chi connectivity index (χ1v) is 7.95. The molecule has 0 aliphatic carbocycles. The van der Waals surface area contributed by atoms with E-state index < -0.39 is 5.97 Å². The van der Waals surface area contributed by atoms with Crippen molar-refractivity contribution in [2.45, 2.75) is 33.8 Å². The Balaban J connectivity index is 2.39. The number of rotatable bonds is 5. The number of ketones is 1. The third kappa shape index (κ3) is 4.36. The third-order valence-corrected chi connectivity index (χ3v) is 3.48. The van der Waals surface area contributed by atoms with Crippen LogP contribution in [0.3, 0.4) is 0 Å². The Bertz CT molecular complexity index is 781. The van der Waals surface area contributed by atoms with Crippen molar-refractivity contribution < 1.29 is 19.1 Å². The molecule has 5 heteroatoms. The zero-order valence-electron chi connectivity index (χ0n) is 14.1. The van der Waals surface area contributed by atoms with Crippen LogP contribution in [-0.4, -0.2) is 17.9 Å². The van der Waals surface area contributed by atoms with Crippen molar-refractivity contribution in [3.8, 4) is 11.5 Å². The highest BCUT2D eigenvalue weighted by molar-refractivity contribution is 6.31. The molecule has 0 aliphatic heterocycles. The number of halogens is 1. The largest absolute Gasteiger partial charge is 0.490 e. The van der Waals surface area contributed by atoms with Gasteiger partial charge >= 0.3 is 5.97 Å². The van der Waals surface area contributed by atoms with Crippen LogP contribution in [0, 0.1) is 6.92 Å². The second-order valence-corrected chi connectivity index (χ2v) is 6.19. The predicted octanol–water partition coefficient (Wildman–Crippen LogP) is 4.86. The van der Waals surface area contributed by atoms with Gasteiger partial charge in [-0.2, -0.15) is 0 Å². The first-order valence-electron chi connectivity index (χ1n) is 7.58. The van der Waals surface area contributed by atoms with E-state index in [0.717, 1.165) is 5.56 Å². The first-order chi connectivity index (χ1) is 11.3. The van der Waals surface area contributed by atoms with Crippen LogP contribution in [0.1, 0.15) is 47.1 Å². The maximum atomic E-state index is 12.6. The minimum absolute atomic E-state index is 0.107. The van der Waals surface area contributed by atoms with Crippen LogP contribution in [0.25, 0.3) is 0 Å². The van der Waals surface area contributed by atoms with E-state index in [0.29, 0.717) is 16.3 Å². The lowest BCUT2D eigenvalue weighted by atomic mass is 10.1. The second kappa shape index (κ2) is 7.49. The van der Waals surface area contributed by atoms with Crippen LogP contribution < -0.4 is 9.47 Å². The molecule has 4 nitrogen and oxygen atoms in total. The molecule has 126 valence electrons. The van der Waals surface area contributed by atoms with E-state index in [-0.39, 0.29) is 23.2 Å². The van der Waals surface area contributed by atoms with Crippen molar-refractivity contribution in [1.29, 1.82) is 0 Å². The number of ether oxygens (including phenoxy) is 2. The average molecular weight is 347 g/mol. The average Bonchev–Trinajstić information content (AvgIpc) is 2.48. The molecular weight excluding hydrogens is 328 g/mol. The molecule has 0 saturated carbocycles. The van der Waals surface area contributed by atoms with Crippen LogP contribution >= 0.6 is 11.6 Å². The summed E-state index contributed by atoms with van der Waals surface area (Å²) in [5, 5.41) is 0.397. The Morgan fingerprint density at radius 1 is 1.00 bits per heavy atom. The van der Waals surface area contributed by atoms with E-state index in [2.05, 4.69) is 0 Å². The normalized spacial score (nSPS) is 10.6. The number of Topliss-reactive ketones (excluding diaryl/α,β-unsaturated/α-hetero) is 1. The summed E-state index contributed by atoms with van der Waals surface area (Å²) in [4.78, 5) is 24.3. The van der Waals surface area contributed by atoms with Gasteiger partial charge in [0.05, 0.1) is 11.7 Å². The number of esters is 1. The third-order valence-electron chi connectivity index (χ3n) is 3.24. The van der Waals surface area contributed by atoms with Crippen molar-refractivity contribution in [3.05, 3.63) is 58.1 Å². The van der Waals surface area contributed by atoms with Crippen molar-refractivity contribution in [2.24, 2.45) is 0 Å². The molecule has 24 heavy (non-hydrogen) atoms. The highest BCUT2D eigenvalue weighted by atomic mass is 35.5. The van der Waals surface area contributed by atoms with Gasteiger partial charge in [0.25, 0.3) is 0 Å². The number of hydrogen-bond acceptors (Lipinski definition) is 4. The molecule has 0 amide bonds. The smallest absolute Gasteiger partial charge is 0.347 e. The van der Waals surface area contributed by atoms with E-state index in [1.54, 1.807) is 30.3 Å². The summed E-state index contributed by atoms with van der Waals surface area (Å²) in [5.41, 5.74) is 1.45. The number of carbonyl (C=O) groups is 2. The van der Waals surface area contributed by atoms with Crippen LogP contribution in [-0.2, 0) is 0 Å². The van der Waals surface area contributed by atoms with E-state index >= 15 is 0 Å². The van der Waals surface area contributed by atoms with Crippen LogP contribution in [0.15, 0.2) is 36.4 Å². The summed E-state index contributed by atoms with van der Waals surface area (Å²) >= 11 is 5.99. The monoisotopic (exact) mass is 346 g/mol. The Labute approximate surface area is 146 Å². The summed E-state index contributed by atoms with van der Waals surface area (Å²) in [5.74, 6) is -0.191. The van der Waals surface area contributed by atoms with Gasteiger partial charge in [0, 0.05) is 5.02 Å². The van der Waals surface area contributed by atoms with Gasteiger partial charge in [0.1, 0.15) is 17.1 Å². The Morgan fingerprint density at radius 3 is 2.33 bits per heavy atom.